The van der Waals surface area contributed by atoms with Gasteiger partial charge in [-0.05, 0) is 48.9 Å². The molecule has 6 nitrogen and oxygen atoms in total. The second-order valence-corrected chi connectivity index (χ2v) is 6.25. The summed E-state index contributed by atoms with van der Waals surface area (Å²) in [6.07, 6.45) is 2.03. The fourth-order valence-electron chi connectivity index (χ4n) is 1.99. The van der Waals surface area contributed by atoms with Gasteiger partial charge in [0.1, 0.15) is 12.3 Å². The first kappa shape index (κ1) is 18.1. The minimum Gasteiger partial charge on any atom is -0.497 e. The first-order valence-corrected chi connectivity index (χ1v) is 8.35. The maximum atomic E-state index is 12.3. The van der Waals surface area contributed by atoms with Crippen molar-refractivity contribution in [1.82, 2.24) is 4.90 Å². The highest BCUT2D eigenvalue weighted by atomic mass is 32.2. The molecule has 2 rings (SSSR count). The highest BCUT2D eigenvalue weighted by molar-refractivity contribution is 8.18. The first-order valence-electron chi connectivity index (χ1n) is 7.53. The molecule has 1 aliphatic heterocycles. The summed E-state index contributed by atoms with van der Waals surface area (Å²) in [5.41, 5.74) is 0.738. The molecule has 0 radical (unpaired) electrons. The van der Waals surface area contributed by atoms with Crippen molar-refractivity contribution in [2.24, 2.45) is 0 Å². The highest BCUT2D eigenvalue weighted by Gasteiger charge is 2.36. The molecule has 0 aromatic heterocycles. The van der Waals surface area contributed by atoms with Crippen LogP contribution in [-0.2, 0) is 14.3 Å². The molecule has 0 bridgehead atoms. The molecule has 0 aliphatic carbocycles. The van der Waals surface area contributed by atoms with E-state index < -0.39 is 17.1 Å². The van der Waals surface area contributed by atoms with E-state index in [9.17, 15) is 14.4 Å². The number of amides is 2. The minimum absolute atomic E-state index is 0.246. The van der Waals surface area contributed by atoms with Crippen LogP contribution in [-0.4, -0.2) is 41.8 Å². The Bertz CT molecular complexity index is 685. The van der Waals surface area contributed by atoms with Crippen LogP contribution < -0.4 is 4.74 Å². The number of carbonyl (C=O) groups excluding carboxylic acids is 3. The summed E-state index contributed by atoms with van der Waals surface area (Å²) in [5, 5.41) is -0.477. The molecule has 0 saturated carbocycles. The van der Waals surface area contributed by atoms with E-state index in [2.05, 4.69) is 0 Å². The molecule has 0 N–H and O–H groups in total. The quantitative estimate of drug-likeness (QED) is 0.580. The van der Waals surface area contributed by atoms with Gasteiger partial charge in [0, 0.05) is 0 Å². The number of hydrogen-bond donors (Lipinski definition) is 0. The smallest absolute Gasteiger partial charge is 0.326 e. The van der Waals surface area contributed by atoms with Crippen LogP contribution in [0.3, 0.4) is 0 Å². The summed E-state index contributed by atoms with van der Waals surface area (Å²) in [6, 6.07) is 7.13. The average Bonchev–Trinajstić information content (AvgIpc) is 2.82. The Morgan fingerprint density at radius 2 is 2.12 bits per heavy atom. The Balaban J connectivity index is 2.10. The van der Waals surface area contributed by atoms with E-state index in [0.29, 0.717) is 12.2 Å². The van der Waals surface area contributed by atoms with Crippen LogP contribution in [0.25, 0.3) is 6.08 Å². The summed E-state index contributed by atoms with van der Waals surface area (Å²) >= 11 is 0.807. The van der Waals surface area contributed by atoms with E-state index in [1.807, 2.05) is 6.92 Å². The molecule has 1 aromatic rings. The molecule has 7 heteroatoms. The van der Waals surface area contributed by atoms with Crippen LogP contribution in [0, 0.1) is 0 Å². The lowest BCUT2D eigenvalue weighted by Gasteiger charge is -2.14. The van der Waals surface area contributed by atoms with Gasteiger partial charge in [-0.1, -0.05) is 19.1 Å². The summed E-state index contributed by atoms with van der Waals surface area (Å²) < 4.78 is 10.2. The maximum absolute atomic E-state index is 12.3. The summed E-state index contributed by atoms with van der Waals surface area (Å²) in [5.74, 6) is -0.427. The Hall–Kier alpha value is -2.28. The lowest BCUT2D eigenvalue weighted by Crippen LogP contribution is -2.35. The molecule has 1 heterocycles. The molecule has 1 aliphatic rings. The Kier molecular flexibility index (Phi) is 6.03. The van der Waals surface area contributed by atoms with Gasteiger partial charge in [0.2, 0.25) is 0 Å². The van der Waals surface area contributed by atoms with Crippen molar-refractivity contribution in [3.8, 4) is 5.75 Å². The molecule has 0 spiro atoms. The lowest BCUT2D eigenvalue weighted by molar-refractivity contribution is -0.150. The number of thioether (sulfide) groups is 1. The highest BCUT2D eigenvalue weighted by Crippen LogP contribution is 2.32. The molecule has 2 amide bonds. The molecule has 24 heavy (non-hydrogen) atoms. The van der Waals surface area contributed by atoms with Crippen molar-refractivity contribution in [3.05, 3.63) is 34.7 Å². The normalized spacial score (nSPS) is 17.3. The number of carbonyl (C=O) groups is 3. The fourth-order valence-corrected chi connectivity index (χ4v) is 2.83. The Morgan fingerprint density at radius 1 is 1.38 bits per heavy atom. The minimum atomic E-state index is -0.589. The van der Waals surface area contributed by atoms with Crippen molar-refractivity contribution in [2.75, 3.05) is 13.7 Å². The molecule has 128 valence electrons. The van der Waals surface area contributed by atoms with Crippen LogP contribution >= 0.6 is 11.8 Å². The molecular formula is C17H19NO5S. The topological polar surface area (TPSA) is 72.9 Å². The summed E-state index contributed by atoms with van der Waals surface area (Å²) in [6.45, 7) is 3.27. The Labute approximate surface area is 144 Å². The fraction of sp³-hybridized carbons (Fsp3) is 0.353. The zero-order valence-corrected chi connectivity index (χ0v) is 14.6. The SMILES string of the molecule is CC[C@H](C)OC(=O)CN1C(=O)S/C(=C/c2cccc(OC)c2)C1=O. The van der Waals surface area contributed by atoms with Gasteiger partial charge in [-0.2, -0.15) is 0 Å². The number of hydrogen-bond acceptors (Lipinski definition) is 6. The van der Waals surface area contributed by atoms with E-state index in [0.717, 1.165) is 22.2 Å². The molecular weight excluding hydrogens is 330 g/mol. The lowest BCUT2D eigenvalue weighted by atomic mass is 10.2. The number of esters is 1. The number of imide groups is 1. The number of benzene rings is 1. The second-order valence-electron chi connectivity index (χ2n) is 5.25. The number of ether oxygens (including phenoxy) is 2. The standard InChI is InChI=1S/C17H19NO5S/c1-4-11(2)23-15(19)10-18-16(20)14(24-17(18)21)9-12-6-5-7-13(8-12)22-3/h5-9,11H,4,10H2,1-3H3/b14-9+/t11-/m0/s1. The van der Waals surface area contributed by atoms with Crippen molar-refractivity contribution >= 4 is 35.0 Å². The van der Waals surface area contributed by atoms with Gasteiger partial charge in [0.25, 0.3) is 11.1 Å². The maximum Gasteiger partial charge on any atom is 0.326 e. The van der Waals surface area contributed by atoms with E-state index in [1.165, 1.54) is 0 Å². The van der Waals surface area contributed by atoms with Crippen LogP contribution in [0.15, 0.2) is 29.2 Å². The molecule has 1 atom stereocenters. The van der Waals surface area contributed by atoms with Crippen molar-refractivity contribution in [1.29, 1.82) is 0 Å². The molecule has 1 saturated heterocycles. The number of rotatable bonds is 6. The van der Waals surface area contributed by atoms with Crippen LogP contribution in [0.4, 0.5) is 4.79 Å². The van der Waals surface area contributed by atoms with Crippen LogP contribution in [0.1, 0.15) is 25.8 Å². The number of methoxy groups -OCH3 is 1. The number of nitrogens with zero attached hydrogens (tertiary/aromatic N) is 1. The predicted octanol–water partition coefficient (Wildman–Crippen LogP) is 3.07. The monoisotopic (exact) mass is 349 g/mol. The van der Waals surface area contributed by atoms with E-state index >= 15 is 0 Å². The molecule has 0 unspecified atom stereocenters. The van der Waals surface area contributed by atoms with Gasteiger partial charge >= 0.3 is 5.97 Å². The Morgan fingerprint density at radius 3 is 2.79 bits per heavy atom. The van der Waals surface area contributed by atoms with Gasteiger partial charge in [0.05, 0.1) is 18.1 Å². The predicted molar refractivity (Wildman–Crippen MR) is 91.5 cm³/mol. The van der Waals surface area contributed by atoms with Crippen molar-refractivity contribution in [3.63, 3.8) is 0 Å². The third kappa shape index (κ3) is 4.38. The van der Waals surface area contributed by atoms with Gasteiger partial charge < -0.3 is 9.47 Å². The van der Waals surface area contributed by atoms with Crippen molar-refractivity contribution < 1.29 is 23.9 Å². The van der Waals surface area contributed by atoms with Gasteiger partial charge in [-0.15, -0.1) is 0 Å². The van der Waals surface area contributed by atoms with Gasteiger partial charge in [-0.25, -0.2) is 0 Å². The largest absolute Gasteiger partial charge is 0.497 e. The first-order chi connectivity index (χ1) is 11.4. The molecule has 1 aromatic carbocycles. The third-order valence-electron chi connectivity index (χ3n) is 3.46. The van der Waals surface area contributed by atoms with Gasteiger partial charge in [-0.3, -0.25) is 19.3 Å². The van der Waals surface area contributed by atoms with E-state index in [4.69, 9.17) is 9.47 Å². The average molecular weight is 349 g/mol. The van der Waals surface area contributed by atoms with E-state index in [1.54, 1.807) is 44.4 Å². The van der Waals surface area contributed by atoms with Crippen LogP contribution in [0.2, 0.25) is 0 Å². The zero-order chi connectivity index (χ0) is 17.7. The summed E-state index contributed by atoms with van der Waals surface area (Å²) in [7, 11) is 1.55. The summed E-state index contributed by atoms with van der Waals surface area (Å²) in [4.78, 5) is 37.3. The van der Waals surface area contributed by atoms with E-state index in [-0.39, 0.29) is 17.6 Å². The van der Waals surface area contributed by atoms with Gasteiger partial charge in [0.15, 0.2) is 0 Å². The second kappa shape index (κ2) is 8.01. The molecule has 1 fully saturated rings. The zero-order valence-electron chi connectivity index (χ0n) is 13.8. The third-order valence-corrected chi connectivity index (χ3v) is 4.37. The van der Waals surface area contributed by atoms with Crippen LogP contribution in [0.5, 0.6) is 5.75 Å². The van der Waals surface area contributed by atoms with Crippen molar-refractivity contribution in [2.45, 2.75) is 26.4 Å².